The van der Waals surface area contributed by atoms with Gasteiger partial charge < -0.3 is 14.4 Å². The van der Waals surface area contributed by atoms with Gasteiger partial charge in [0.25, 0.3) is 0 Å². The highest BCUT2D eigenvalue weighted by atomic mass is 16.6. The Morgan fingerprint density at radius 1 is 1.21 bits per heavy atom. The zero-order valence-corrected chi connectivity index (χ0v) is 17.8. The van der Waals surface area contributed by atoms with Gasteiger partial charge in [-0.15, -0.1) is 0 Å². The van der Waals surface area contributed by atoms with E-state index in [9.17, 15) is 9.59 Å². The predicted octanol–water partition coefficient (Wildman–Crippen LogP) is 3.93. The molecule has 1 fully saturated rings. The van der Waals surface area contributed by atoms with Gasteiger partial charge in [-0.25, -0.2) is 0 Å². The van der Waals surface area contributed by atoms with Crippen LogP contribution >= 0.6 is 0 Å². The van der Waals surface area contributed by atoms with E-state index in [2.05, 4.69) is 11.0 Å². The molecule has 0 saturated carbocycles. The third-order valence-electron chi connectivity index (χ3n) is 5.38. The standard InChI is InChI=1S/C24H31NO4/c1-24(2,3)29-22(26)16-18-12-14-25-13-6-5-7-21(25)20(23(18)27)15-17-8-10-19(28-4)11-9-17/h5-11,18,20H,12-16H2,1-4H3. The van der Waals surface area contributed by atoms with Gasteiger partial charge in [-0.05, 0) is 57.4 Å². The number of fused-ring (bicyclic) bond motifs is 1. The second-order valence-corrected chi connectivity index (χ2v) is 8.75. The van der Waals surface area contributed by atoms with E-state index in [1.54, 1.807) is 7.11 Å². The van der Waals surface area contributed by atoms with Gasteiger partial charge in [-0.3, -0.25) is 9.59 Å². The quantitative estimate of drug-likeness (QED) is 0.705. The van der Waals surface area contributed by atoms with Crippen molar-refractivity contribution in [3.05, 3.63) is 53.8 Å². The number of hydrogen-bond acceptors (Lipinski definition) is 5. The molecule has 2 atom stereocenters. The summed E-state index contributed by atoms with van der Waals surface area (Å²) in [5.74, 6) is 0.0508. The Morgan fingerprint density at radius 2 is 1.93 bits per heavy atom. The van der Waals surface area contributed by atoms with Crippen molar-refractivity contribution in [2.45, 2.75) is 45.6 Å². The molecular weight excluding hydrogens is 366 g/mol. The lowest BCUT2D eigenvalue weighted by Crippen LogP contribution is -2.32. The third-order valence-corrected chi connectivity index (χ3v) is 5.38. The number of rotatable bonds is 5. The minimum absolute atomic E-state index is 0.135. The molecule has 1 aromatic rings. The molecule has 5 heteroatoms. The van der Waals surface area contributed by atoms with Crippen molar-refractivity contribution in [2.24, 2.45) is 11.8 Å². The third kappa shape index (κ3) is 5.49. The first-order valence-corrected chi connectivity index (χ1v) is 10.3. The van der Waals surface area contributed by atoms with Crippen LogP contribution in [-0.2, 0) is 20.7 Å². The van der Waals surface area contributed by atoms with Crippen LogP contribution in [0.2, 0.25) is 0 Å². The van der Waals surface area contributed by atoms with E-state index >= 15 is 0 Å². The first-order valence-electron chi connectivity index (χ1n) is 10.3. The molecule has 0 amide bonds. The number of esters is 1. The first-order chi connectivity index (χ1) is 13.8. The lowest BCUT2D eigenvalue weighted by atomic mass is 9.83. The topological polar surface area (TPSA) is 55.8 Å². The number of benzene rings is 1. The SMILES string of the molecule is COc1ccc(CC2C(=O)C(CC(=O)OC(C)(C)C)CCN3CC=CC=C23)cc1. The Balaban J connectivity index is 1.82. The molecule has 3 rings (SSSR count). The van der Waals surface area contributed by atoms with Gasteiger partial charge >= 0.3 is 5.97 Å². The molecule has 0 aliphatic carbocycles. The van der Waals surface area contributed by atoms with Crippen molar-refractivity contribution < 1.29 is 19.1 Å². The number of methoxy groups -OCH3 is 1. The fourth-order valence-corrected chi connectivity index (χ4v) is 4.00. The number of carbonyl (C=O) groups excluding carboxylic acids is 2. The van der Waals surface area contributed by atoms with E-state index in [1.165, 1.54) is 0 Å². The van der Waals surface area contributed by atoms with Crippen molar-refractivity contribution in [1.82, 2.24) is 4.90 Å². The fraction of sp³-hybridized carbons (Fsp3) is 0.500. The Bertz CT molecular complexity index is 801. The maximum Gasteiger partial charge on any atom is 0.307 e. The highest BCUT2D eigenvalue weighted by Crippen LogP contribution is 2.33. The molecule has 1 saturated heterocycles. The summed E-state index contributed by atoms with van der Waals surface area (Å²) in [7, 11) is 1.64. The summed E-state index contributed by atoms with van der Waals surface area (Å²) in [4.78, 5) is 28.2. The highest BCUT2D eigenvalue weighted by molar-refractivity contribution is 5.89. The smallest absolute Gasteiger partial charge is 0.307 e. The van der Waals surface area contributed by atoms with Gasteiger partial charge in [-0.2, -0.15) is 0 Å². The number of carbonyl (C=O) groups is 2. The van der Waals surface area contributed by atoms with E-state index in [0.29, 0.717) is 12.8 Å². The number of Topliss-reactive ketones (excluding diaryl/α,β-unsaturated/α-hetero) is 1. The second kappa shape index (κ2) is 8.85. The monoisotopic (exact) mass is 397 g/mol. The van der Waals surface area contributed by atoms with Crippen molar-refractivity contribution in [3.63, 3.8) is 0 Å². The summed E-state index contributed by atoms with van der Waals surface area (Å²) in [6, 6.07) is 7.84. The summed E-state index contributed by atoms with van der Waals surface area (Å²) in [5, 5.41) is 0. The number of ether oxygens (including phenoxy) is 2. The van der Waals surface area contributed by atoms with Gasteiger partial charge in [-0.1, -0.05) is 24.3 Å². The van der Waals surface area contributed by atoms with E-state index in [-0.39, 0.29) is 30.0 Å². The molecule has 29 heavy (non-hydrogen) atoms. The molecule has 0 aromatic heterocycles. The van der Waals surface area contributed by atoms with Gasteiger partial charge in [0, 0.05) is 24.7 Å². The van der Waals surface area contributed by atoms with Crippen LogP contribution in [0.3, 0.4) is 0 Å². The lowest BCUT2D eigenvalue weighted by Gasteiger charge is -2.30. The molecule has 0 spiro atoms. The van der Waals surface area contributed by atoms with Crippen LogP contribution in [0.25, 0.3) is 0 Å². The molecule has 2 aliphatic heterocycles. The predicted molar refractivity (Wildman–Crippen MR) is 113 cm³/mol. The molecule has 1 aromatic carbocycles. The first kappa shape index (κ1) is 21.2. The maximum atomic E-state index is 13.5. The number of nitrogens with zero attached hydrogens (tertiary/aromatic N) is 1. The summed E-state index contributed by atoms with van der Waals surface area (Å²) in [5.41, 5.74) is 1.59. The van der Waals surface area contributed by atoms with Gasteiger partial charge in [0.2, 0.25) is 0 Å². The van der Waals surface area contributed by atoms with Crippen LogP contribution < -0.4 is 4.74 Å². The van der Waals surface area contributed by atoms with Crippen molar-refractivity contribution >= 4 is 11.8 Å². The Morgan fingerprint density at radius 3 is 2.59 bits per heavy atom. The van der Waals surface area contributed by atoms with Gasteiger partial charge in [0.15, 0.2) is 0 Å². The largest absolute Gasteiger partial charge is 0.497 e. The van der Waals surface area contributed by atoms with Crippen molar-refractivity contribution in [2.75, 3.05) is 20.2 Å². The Hall–Kier alpha value is -2.56. The van der Waals surface area contributed by atoms with Crippen LogP contribution in [-0.4, -0.2) is 42.5 Å². The fourth-order valence-electron chi connectivity index (χ4n) is 4.00. The molecule has 2 unspecified atom stereocenters. The van der Waals surface area contributed by atoms with E-state index < -0.39 is 5.60 Å². The van der Waals surface area contributed by atoms with E-state index in [4.69, 9.17) is 9.47 Å². The summed E-state index contributed by atoms with van der Waals surface area (Å²) >= 11 is 0. The Kier molecular flexibility index (Phi) is 6.46. The van der Waals surface area contributed by atoms with E-state index in [1.807, 2.05) is 57.2 Å². The van der Waals surface area contributed by atoms with Crippen LogP contribution in [0.4, 0.5) is 0 Å². The molecule has 2 aliphatic rings. The van der Waals surface area contributed by atoms with Gasteiger partial charge in [0.05, 0.1) is 19.4 Å². The molecule has 0 N–H and O–H groups in total. The number of allylic oxidation sites excluding steroid dienone is 3. The summed E-state index contributed by atoms with van der Waals surface area (Å²) in [6.07, 6.45) is 7.60. The van der Waals surface area contributed by atoms with Gasteiger partial charge in [0.1, 0.15) is 17.1 Å². The normalized spacial score (nSPS) is 21.9. The molecule has 2 heterocycles. The van der Waals surface area contributed by atoms with Crippen molar-refractivity contribution in [1.29, 1.82) is 0 Å². The summed E-state index contributed by atoms with van der Waals surface area (Å²) in [6.45, 7) is 7.13. The molecule has 5 nitrogen and oxygen atoms in total. The van der Waals surface area contributed by atoms with Crippen molar-refractivity contribution in [3.8, 4) is 5.75 Å². The molecular formula is C24H31NO4. The molecule has 156 valence electrons. The maximum absolute atomic E-state index is 13.5. The minimum atomic E-state index is -0.544. The van der Waals surface area contributed by atoms with Crippen LogP contribution in [0.1, 0.15) is 39.2 Å². The van der Waals surface area contributed by atoms with Crippen LogP contribution in [0, 0.1) is 11.8 Å². The van der Waals surface area contributed by atoms with E-state index in [0.717, 1.165) is 30.1 Å². The zero-order valence-electron chi connectivity index (χ0n) is 17.8. The molecule has 0 bridgehead atoms. The highest BCUT2D eigenvalue weighted by Gasteiger charge is 2.37. The summed E-state index contributed by atoms with van der Waals surface area (Å²) < 4.78 is 10.7. The number of ketones is 1. The lowest BCUT2D eigenvalue weighted by molar-refractivity contribution is -0.157. The molecule has 0 radical (unpaired) electrons. The second-order valence-electron chi connectivity index (χ2n) is 8.75. The number of hydrogen-bond donors (Lipinski definition) is 0. The minimum Gasteiger partial charge on any atom is -0.497 e. The average Bonchev–Trinajstić information content (AvgIpc) is 2.79. The average molecular weight is 398 g/mol. The zero-order chi connectivity index (χ0) is 21.0. The Labute approximate surface area is 173 Å². The van der Waals surface area contributed by atoms with Crippen LogP contribution in [0.5, 0.6) is 5.75 Å². The van der Waals surface area contributed by atoms with Crippen LogP contribution in [0.15, 0.2) is 48.2 Å².